The Kier molecular flexibility index (Phi) is 6.57. The molecule has 2 aliphatic rings. The molecule has 1 saturated heterocycles. The minimum Gasteiger partial charge on any atom is -0.507 e. The average molecular weight is 558 g/mol. The van der Waals surface area contributed by atoms with Crippen LogP contribution >= 0.6 is 11.6 Å². The molecule has 0 bridgehead atoms. The Morgan fingerprint density at radius 2 is 1.85 bits per heavy atom. The number of fused-ring (bicyclic) bond motifs is 1. The minimum absolute atomic E-state index is 0.000516. The third-order valence-electron chi connectivity index (χ3n) is 8.56. The van der Waals surface area contributed by atoms with Gasteiger partial charge >= 0.3 is 0 Å². The Hall–Kier alpha value is -3.84. The normalized spacial score (nSPS) is 16.8. The summed E-state index contributed by atoms with van der Waals surface area (Å²) in [6.45, 7) is 7.66. The maximum absolute atomic E-state index is 13.6. The van der Waals surface area contributed by atoms with Gasteiger partial charge in [0.05, 0.1) is 33.9 Å². The number of benzene rings is 2. The van der Waals surface area contributed by atoms with E-state index in [9.17, 15) is 14.7 Å². The van der Waals surface area contributed by atoms with Gasteiger partial charge in [-0.3, -0.25) is 9.59 Å². The van der Waals surface area contributed by atoms with Crippen molar-refractivity contribution in [1.82, 2.24) is 4.98 Å². The highest BCUT2D eigenvalue weighted by Crippen LogP contribution is 2.54. The van der Waals surface area contributed by atoms with Crippen LogP contribution in [0.3, 0.4) is 0 Å². The fraction of sp³-hybridized carbons (Fsp3) is 0.344. The fourth-order valence-electron chi connectivity index (χ4n) is 5.92. The number of aromatic hydroxyl groups is 1. The lowest BCUT2D eigenvalue weighted by atomic mass is 9.93. The van der Waals surface area contributed by atoms with Gasteiger partial charge in [0.15, 0.2) is 11.7 Å². The van der Waals surface area contributed by atoms with Crippen molar-refractivity contribution in [2.24, 2.45) is 5.41 Å². The lowest BCUT2D eigenvalue weighted by Crippen LogP contribution is -2.35. The molecule has 7 nitrogen and oxygen atoms in total. The maximum Gasteiger partial charge on any atom is 0.202 e. The van der Waals surface area contributed by atoms with Gasteiger partial charge in [0.25, 0.3) is 0 Å². The van der Waals surface area contributed by atoms with Crippen molar-refractivity contribution in [2.45, 2.75) is 52.5 Å². The number of nitrogens with zero attached hydrogens (tertiary/aromatic N) is 2. The number of hydrogen-bond acceptors (Lipinski definition) is 7. The quantitative estimate of drug-likeness (QED) is 0.191. The van der Waals surface area contributed by atoms with Crippen molar-refractivity contribution in [3.05, 3.63) is 80.1 Å². The summed E-state index contributed by atoms with van der Waals surface area (Å²) in [6.07, 6.45) is 5.52. The van der Waals surface area contributed by atoms with Crippen molar-refractivity contribution in [2.75, 3.05) is 23.3 Å². The molecule has 2 aromatic heterocycles. The second-order valence-electron chi connectivity index (χ2n) is 11.4. The van der Waals surface area contributed by atoms with Gasteiger partial charge in [0.2, 0.25) is 5.88 Å². The number of aldehydes is 1. The van der Waals surface area contributed by atoms with E-state index in [-0.39, 0.29) is 22.8 Å². The van der Waals surface area contributed by atoms with Gasteiger partial charge in [-0.05, 0) is 93.8 Å². The van der Waals surface area contributed by atoms with Crippen LogP contribution < -0.4 is 15.6 Å². The molecular formula is C32H32ClN3O4. The molecular weight excluding hydrogens is 526 g/mol. The molecule has 1 aliphatic carbocycles. The summed E-state index contributed by atoms with van der Waals surface area (Å²) in [5, 5.41) is 14.4. The summed E-state index contributed by atoms with van der Waals surface area (Å²) in [6, 6.07) is 11.9. The summed E-state index contributed by atoms with van der Waals surface area (Å²) >= 11 is 6.26. The molecule has 4 aromatic rings. The standard InChI is InChI=1S/C32H32ClN3O4/c1-18-14-23(20(3)34-25-5-7-27(33)35-28(25)21-4-6-26(38)22(16-21)17-37)30-24(15-18)29(39)19(2)31(40-30)36-12-10-32(8-9-32)11-13-36/h4-7,14-17,20,34,38H,8-13H2,1-3H3. The van der Waals surface area contributed by atoms with Gasteiger partial charge in [-0.1, -0.05) is 17.7 Å². The van der Waals surface area contributed by atoms with E-state index >= 15 is 0 Å². The van der Waals surface area contributed by atoms with Crippen LogP contribution in [0.1, 0.15) is 65.7 Å². The number of carbonyl (C=O) groups is 1. The van der Waals surface area contributed by atoms with Crippen molar-refractivity contribution in [3.63, 3.8) is 0 Å². The number of carbonyl (C=O) groups excluding carboxylic acids is 1. The molecule has 1 atom stereocenters. The van der Waals surface area contributed by atoms with Crippen LogP contribution in [0, 0.1) is 19.3 Å². The molecule has 40 heavy (non-hydrogen) atoms. The van der Waals surface area contributed by atoms with Crippen LogP contribution in [0.4, 0.5) is 11.6 Å². The highest BCUT2D eigenvalue weighted by Gasteiger charge is 2.45. The first-order chi connectivity index (χ1) is 19.2. The van der Waals surface area contributed by atoms with E-state index in [2.05, 4.69) is 15.2 Å². The molecule has 1 unspecified atom stereocenters. The van der Waals surface area contributed by atoms with Crippen LogP contribution in [-0.2, 0) is 0 Å². The Morgan fingerprint density at radius 1 is 1.10 bits per heavy atom. The molecule has 1 spiro atoms. The van der Waals surface area contributed by atoms with E-state index in [0.717, 1.165) is 37.1 Å². The first-order valence-electron chi connectivity index (χ1n) is 13.7. The van der Waals surface area contributed by atoms with Crippen LogP contribution in [-0.4, -0.2) is 29.5 Å². The van der Waals surface area contributed by atoms with Gasteiger partial charge in [-0.2, -0.15) is 0 Å². The van der Waals surface area contributed by atoms with Gasteiger partial charge in [0, 0.05) is 24.2 Å². The number of piperidine rings is 1. The van der Waals surface area contributed by atoms with Crippen molar-refractivity contribution in [1.29, 1.82) is 0 Å². The molecule has 8 heteroatoms. The number of phenolic OH excluding ortho intramolecular Hbond substituents is 1. The fourth-order valence-corrected chi connectivity index (χ4v) is 6.07. The Morgan fingerprint density at radius 3 is 2.55 bits per heavy atom. The monoisotopic (exact) mass is 557 g/mol. The SMILES string of the molecule is Cc1cc(C(C)Nc2ccc(Cl)nc2-c2ccc(O)c(C=O)c2)c2oc(N3CCC4(CC3)CC4)c(C)c(=O)c2c1. The Balaban J connectivity index is 1.40. The number of halogens is 1. The van der Waals surface area contributed by atoms with Gasteiger partial charge < -0.3 is 19.7 Å². The molecule has 0 radical (unpaired) electrons. The van der Waals surface area contributed by atoms with E-state index < -0.39 is 0 Å². The lowest BCUT2D eigenvalue weighted by Gasteiger charge is -2.33. The molecule has 6 rings (SSSR count). The van der Waals surface area contributed by atoms with E-state index in [0.29, 0.717) is 56.2 Å². The van der Waals surface area contributed by atoms with Crippen LogP contribution in [0.2, 0.25) is 5.15 Å². The third kappa shape index (κ3) is 4.73. The first kappa shape index (κ1) is 26.4. The first-order valence-corrected chi connectivity index (χ1v) is 14.1. The number of aromatic nitrogens is 1. The molecule has 3 heterocycles. The summed E-state index contributed by atoms with van der Waals surface area (Å²) in [4.78, 5) is 31.8. The molecule has 2 fully saturated rings. The predicted octanol–water partition coefficient (Wildman–Crippen LogP) is 7.20. The van der Waals surface area contributed by atoms with E-state index in [4.69, 9.17) is 16.0 Å². The summed E-state index contributed by atoms with van der Waals surface area (Å²) < 4.78 is 6.61. The maximum atomic E-state index is 13.6. The van der Waals surface area contributed by atoms with Crippen LogP contribution in [0.5, 0.6) is 5.75 Å². The van der Waals surface area contributed by atoms with Crippen molar-refractivity contribution in [3.8, 4) is 17.0 Å². The number of pyridine rings is 1. The molecule has 1 saturated carbocycles. The van der Waals surface area contributed by atoms with Crippen LogP contribution in [0.25, 0.3) is 22.2 Å². The third-order valence-corrected chi connectivity index (χ3v) is 8.77. The van der Waals surface area contributed by atoms with Gasteiger partial charge in [0.1, 0.15) is 16.5 Å². The minimum atomic E-state index is -0.262. The highest BCUT2D eigenvalue weighted by molar-refractivity contribution is 6.29. The number of rotatable bonds is 6. The Bertz CT molecular complexity index is 1700. The predicted molar refractivity (Wildman–Crippen MR) is 159 cm³/mol. The van der Waals surface area contributed by atoms with Gasteiger partial charge in [-0.15, -0.1) is 0 Å². The smallest absolute Gasteiger partial charge is 0.202 e. The zero-order valence-electron chi connectivity index (χ0n) is 22.9. The van der Waals surface area contributed by atoms with E-state index in [1.54, 1.807) is 18.2 Å². The second-order valence-corrected chi connectivity index (χ2v) is 11.8. The lowest BCUT2D eigenvalue weighted by molar-refractivity contribution is 0.112. The molecule has 206 valence electrons. The number of anilines is 2. The zero-order valence-corrected chi connectivity index (χ0v) is 23.6. The topological polar surface area (TPSA) is 95.7 Å². The number of hydrogen-bond donors (Lipinski definition) is 2. The van der Waals surface area contributed by atoms with E-state index in [1.165, 1.54) is 18.9 Å². The highest BCUT2D eigenvalue weighted by atomic mass is 35.5. The zero-order chi connectivity index (χ0) is 28.2. The number of nitrogens with one attached hydrogen (secondary N) is 1. The molecule has 1 aliphatic heterocycles. The van der Waals surface area contributed by atoms with Gasteiger partial charge in [-0.25, -0.2) is 4.98 Å². The average Bonchev–Trinajstić information content (AvgIpc) is 3.71. The van der Waals surface area contributed by atoms with Crippen molar-refractivity contribution < 1.29 is 14.3 Å². The molecule has 2 aromatic carbocycles. The molecule has 2 N–H and O–H groups in total. The second kappa shape index (κ2) is 9.97. The Labute approximate surface area is 237 Å². The van der Waals surface area contributed by atoms with Crippen molar-refractivity contribution >= 4 is 40.4 Å². The number of aryl methyl sites for hydroxylation is 1. The van der Waals surface area contributed by atoms with E-state index in [1.807, 2.05) is 39.0 Å². The number of phenols is 1. The largest absolute Gasteiger partial charge is 0.507 e. The summed E-state index contributed by atoms with van der Waals surface area (Å²) in [5.41, 5.74) is 5.62. The molecule has 0 amide bonds. The summed E-state index contributed by atoms with van der Waals surface area (Å²) in [5.74, 6) is 0.571. The van der Waals surface area contributed by atoms with Crippen LogP contribution in [0.15, 0.2) is 51.7 Å². The summed E-state index contributed by atoms with van der Waals surface area (Å²) in [7, 11) is 0.